The van der Waals surface area contributed by atoms with Gasteiger partial charge in [-0.05, 0) is 18.2 Å². The maximum atomic E-state index is 12.8. The Morgan fingerprint density at radius 1 is 1.42 bits per heavy atom. The average molecular weight is 296 g/mol. The van der Waals surface area contributed by atoms with Crippen molar-refractivity contribution in [3.8, 4) is 5.75 Å². The number of thioether (sulfide) groups is 1. The van der Waals surface area contributed by atoms with E-state index in [-0.39, 0.29) is 12.4 Å². The molecule has 0 aromatic heterocycles. The van der Waals surface area contributed by atoms with E-state index in [9.17, 15) is 22.4 Å². The van der Waals surface area contributed by atoms with E-state index in [1.165, 1.54) is 0 Å². The molecule has 0 saturated carbocycles. The fourth-order valence-electron chi connectivity index (χ4n) is 1.47. The number of carbonyl (C=O) groups excluding carboxylic acids is 1. The Morgan fingerprint density at radius 3 is 2.74 bits per heavy atom. The van der Waals surface area contributed by atoms with Crippen LogP contribution in [-0.2, 0) is 15.7 Å². The third-order valence-corrected chi connectivity index (χ3v) is 3.28. The summed E-state index contributed by atoms with van der Waals surface area (Å²) in [5, 5.41) is 0. The van der Waals surface area contributed by atoms with Crippen LogP contribution in [-0.4, -0.2) is 23.8 Å². The molecule has 1 aromatic rings. The molecular formula is C11H8F4O3S. The van der Waals surface area contributed by atoms with Gasteiger partial charge < -0.3 is 9.47 Å². The third-order valence-electron chi connectivity index (χ3n) is 2.27. The van der Waals surface area contributed by atoms with Gasteiger partial charge in [0.15, 0.2) is 5.44 Å². The van der Waals surface area contributed by atoms with Gasteiger partial charge in [-0.15, -0.1) is 11.8 Å². The summed E-state index contributed by atoms with van der Waals surface area (Å²) in [6.45, 7) is -0.217. The lowest BCUT2D eigenvalue weighted by atomic mass is 10.2. The highest BCUT2D eigenvalue weighted by molar-refractivity contribution is 8.00. The summed E-state index contributed by atoms with van der Waals surface area (Å²) in [5.74, 6) is -1.78. The summed E-state index contributed by atoms with van der Waals surface area (Å²) in [4.78, 5) is 10.8. The Labute approximate surface area is 109 Å². The van der Waals surface area contributed by atoms with Crippen molar-refractivity contribution in [2.45, 2.75) is 11.6 Å². The van der Waals surface area contributed by atoms with Crippen molar-refractivity contribution in [1.29, 1.82) is 0 Å². The van der Waals surface area contributed by atoms with Gasteiger partial charge in [-0.2, -0.15) is 13.2 Å². The van der Waals surface area contributed by atoms with E-state index < -0.39 is 34.7 Å². The lowest BCUT2D eigenvalue weighted by molar-refractivity contribution is -0.142. The number of hydrogen-bond donors (Lipinski definition) is 0. The first-order valence-corrected chi connectivity index (χ1v) is 6.22. The second-order valence-corrected chi connectivity index (χ2v) is 4.83. The molecular weight excluding hydrogens is 288 g/mol. The minimum Gasteiger partial charge on any atom is -0.488 e. The van der Waals surface area contributed by atoms with Gasteiger partial charge in [0.05, 0.1) is 5.75 Å². The highest BCUT2D eigenvalue weighted by Gasteiger charge is 2.35. The lowest BCUT2D eigenvalue weighted by Crippen LogP contribution is -2.17. The third kappa shape index (κ3) is 3.52. The Morgan fingerprint density at radius 2 is 2.16 bits per heavy atom. The molecule has 1 aliphatic rings. The second-order valence-electron chi connectivity index (χ2n) is 3.68. The van der Waals surface area contributed by atoms with E-state index in [4.69, 9.17) is 9.47 Å². The smallest absolute Gasteiger partial charge is 0.420 e. The van der Waals surface area contributed by atoms with E-state index in [2.05, 4.69) is 0 Å². The van der Waals surface area contributed by atoms with Gasteiger partial charge in [-0.3, -0.25) is 4.79 Å². The second kappa shape index (κ2) is 5.28. The largest absolute Gasteiger partial charge is 0.488 e. The van der Waals surface area contributed by atoms with Crippen LogP contribution >= 0.6 is 11.8 Å². The van der Waals surface area contributed by atoms with Crippen LogP contribution in [0.25, 0.3) is 0 Å². The molecule has 0 spiro atoms. The number of cyclic esters (lactones) is 1. The molecule has 0 bridgehead atoms. The Hall–Kier alpha value is -1.44. The predicted octanol–water partition coefficient (Wildman–Crippen LogP) is 2.84. The molecule has 0 aliphatic carbocycles. The number of hydrogen-bond acceptors (Lipinski definition) is 4. The van der Waals surface area contributed by atoms with Crippen molar-refractivity contribution in [3.63, 3.8) is 0 Å². The van der Waals surface area contributed by atoms with Gasteiger partial charge in [0.2, 0.25) is 0 Å². The van der Waals surface area contributed by atoms with Crippen LogP contribution in [0.15, 0.2) is 18.2 Å². The van der Waals surface area contributed by atoms with Gasteiger partial charge in [-0.25, -0.2) is 4.39 Å². The predicted molar refractivity (Wildman–Crippen MR) is 59.2 cm³/mol. The molecule has 1 fully saturated rings. The van der Waals surface area contributed by atoms with Crippen LogP contribution in [0.1, 0.15) is 5.56 Å². The van der Waals surface area contributed by atoms with Gasteiger partial charge in [-0.1, -0.05) is 0 Å². The van der Waals surface area contributed by atoms with Crippen molar-refractivity contribution < 1.29 is 31.8 Å². The molecule has 1 unspecified atom stereocenters. The van der Waals surface area contributed by atoms with Crippen LogP contribution < -0.4 is 4.74 Å². The molecule has 3 nitrogen and oxygen atoms in total. The highest BCUT2D eigenvalue weighted by atomic mass is 32.2. The molecule has 1 atom stereocenters. The topological polar surface area (TPSA) is 35.5 Å². The highest BCUT2D eigenvalue weighted by Crippen LogP contribution is 2.37. The molecule has 1 saturated heterocycles. The van der Waals surface area contributed by atoms with Gasteiger partial charge in [0.1, 0.15) is 23.7 Å². The molecule has 8 heteroatoms. The van der Waals surface area contributed by atoms with Crippen LogP contribution in [0.3, 0.4) is 0 Å². The van der Waals surface area contributed by atoms with Crippen LogP contribution in [0, 0.1) is 5.82 Å². The standard InChI is InChI=1S/C11H8F4O3S/c12-6-1-2-8(7(3-6)11(13,14)15)17-4-10-18-9(16)5-19-10/h1-3,10H,4-5H2. The monoisotopic (exact) mass is 296 g/mol. The van der Waals surface area contributed by atoms with Crippen LogP contribution in [0.5, 0.6) is 5.75 Å². The van der Waals surface area contributed by atoms with E-state index in [1.807, 2.05) is 0 Å². The van der Waals surface area contributed by atoms with Gasteiger partial charge >= 0.3 is 12.1 Å². The van der Waals surface area contributed by atoms with Crippen molar-refractivity contribution in [1.82, 2.24) is 0 Å². The molecule has 0 amide bonds. The Bertz CT molecular complexity index is 489. The fourth-order valence-corrected chi connectivity index (χ4v) is 2.19. The first kappa shape index (κ1) is 14.0. The zero-order valence-electron chi connectivity index (χ0n) is 9.37. The summed E-state index contributed by atoms with van der Waals surface area (Å²) in [7, 11) is 0. The minimum atomic E-state index is -4.71. The number of ether oxygens (including phenoxy) is 2. The lowest BCUT2D eigenvalue weighted by Gasteiger charge is -2.15. The van der Waals surface area contributed by atoms with E-state index in [0.717, 1.165) is 23.9 Å². The number of benzene rings is 1. The maximum Gasteiger partial charge on any atom is 0.420 e. The van der Waals surface area contributed by atoms with Crippen LogP contribution in [0.4, 0.5) is 17.6 Å². The molecule has 1 aromatic carbocycles. The molecule has 0 radical (unpaired) electrons. The first-order valence-electron chi connectivity index (χ1n) is 5.17. The summed E-state index contributed by atoms with van der Waals surface area (Å²) in [5.41, 5.74) is -1.83. The van der Waals surface area contributed by atoms with Crippen molar-refractivity contribution in [2.75, 3.05) is 12.4 Å². The number of esters is 1. The van der Waals surface area contributed by atoms with E-state index >= 15 is 0 Å². The zero-order valence-corrected chi connectivity index (χ0v) is 10.2. The maximum absolute atomic E-state index is 12.8. The molecule has 1 aliphatic heterocycles. The number of carbonyl (C=O) groups is 1. The molecule has 1 heterocycles. The molecule has 19 heavy (non-hydrogen) atoms. The number of alkyl halides is 3. The number of rotatable bonds is 3. The summed E-state index contributed by atoms with van der Waals surface area (Å²) < 4.78 is 60.5. The fraction of sp³-hybridized carbons (Fsp3) is 0.364. The van der Waals surface area contributed by atoms with Crippen molar-refractivity contribution in [3.05, 3.63) is 29.6 Å². The van der Waals surface area contributed by atoms with Crippen molar-refractivity contribution in [2.24, 2.45) is 0 Å². The summed E-state index contributed by atoms with van der Waals surface area (Å²) in [6.07, 6.45) is -4.71. The van der Waals surface area contributed by atoms with Crippen LogP contribution in [0.2, 0.25) is 0 Å². The first-order chi connectivity index (χ1) is 8.86. The Kier molecular flexibility index (Phi) is 3.88. The SMILES string of the molecule is O=C1CSC(COc2ccc(F)cc2C(F)(F)F)O1. The summed E-state index contributed by atoms with van der Waals surface area (Å²) >= 11 is 1.13. The normalized spacial score (nSPS) is 19.4. The summed E-state index contributed by atoms with van der Waals surface area (Å²) in [6, 6.07) is 2.14. The van der Waals surface area contributed by atoms with Gasteiger partial charge in [0.25, 0.3) is 0 Å². The van der Waals surface area contributed by atoms with Gasteiger partial charge in [0, 0.05) is 0 Å². The molecule has 104 valence electrons. The number of halogens is 4. The van der Waals surface area contributed by atoms with E-state index in [1.54, 1.807) is 0 Å². The minimum absolute atomic E-state index is 0.142. The average Bonchev–Trinajstić information content (AvgIpc) is 2.72. The molecule has 2 rings (SSSR count). The quantitative estimate of drug-likeness (QED) is 0.635. The van der Waals surface area contributed by atoms with Crippen molar-refractivity contribution >= 4 is 17.7 Å². The molecule has 0 N–H and O–H groups in total. The Balaban J connectivity index is 2.09. The van der Waals surface area contributed by atoms with E-state index in [0.29, 0.717) is 6.07 Å². The zero-order chi connectivity index (χ0) is 14.0.